The van der Waals surface area contributed by atoms with Crippen LogP contribution >= 0.6 is 12.1 Å². The maximum Gasteiger partial charge on any atom is 0.146 e. The summed E-state index contributed by atoms with van der Waals surface area (Å²) in [7, 11) is 0. The Morgan fingerprint density at radius 1 is 1.39 bits per heavy atom. The number of ether oxygens (including phenoxy) is 2. The Hall–Kier alpha value is -1.40. The number of nitrogens with one attached hydrogen (secondary N) is 1. The number of benzene rings is 1. The summed E-state index contributed by atoms with van der Waals surface area (Å²) in [5, 5.41) is 0. The molecule has 1 aromatic carbocycles. The average Bonchev–Trinajstić information content (AvgIpc) is 2.40. The number of anilines is 1. The normalized spacial score (nSPS) is 19.7. The summed E-state index contributed by atoms with van der Waals surface area (Å²) in [6, 6.07) is 5.87. The van der Waals surface area contributed by atoms with E-state index in [0.717, 1.165) is 43.1 Å². The molecule has 96 valence electrons. The molecule has 0 unspecified atom stereocenters. The van der Waals surface area contributed by atoms with E-state index in [2.05, 4.69) is 9.12 Å². The van der Waals surface area contributed by atoms with Crippen molar-refractivity contribution in [1.82, 2.24) is 0 Å². The molecule has 3 N–H and O–H groups in total. The molecule has 1 aromatic rings. The van der Waals surface area contributed by atoms with E-state index >= 15 is 0 Å². The predicted octanol–water partition coefficient (Wildman–Crippen LogP) is 1.94. The summed E-state index contributed by atoms with van der Waals surface area (Å²) < 4.78 is 18.6. The minimum atomic E-state index is 0.202. The fraction of sp³-hybridized carbons (Fsp3) is 0.417. The van der Waals surface area contributed by atoms with Gasteiger partial charge >= 0.3 is 0 Å². The number of rotatable bonds is 2. The Bertz CT molecular complexity index is 472. The maximum absolute atomic E-state index is 6.03. The molecular formula is C12H15N3O2S. The molecule has 3 rings (SSSR count). The Morgan fingerprint density at radius 3 is 3.06 bits per heavy atom. The van der Waals surface area contributed by atoms with Crippen molar-refractivity contribution in [1.29, 1.82) is 0 Å². The molecule has 6 heteroatoms. The quantitative estimate of drug-likeness (QED) is 0.800. The van der Waals surface area contributed by atoms with Gasteiger partial charge in [0.1, 0.15) is 17.7 Å². The number of hydrogen-bond donors (Lipinski definition) is 2. The number of nitrogens with zero attached hydrogens (tertiary/aromatic N) is 1. The molecule has 0 bridgehead atoms. The van der Waals surface area contributed by atoms with Crippen molar-refractivity contribution in [3.63, 3.8) is 0 Å². The van der Waals surface area contributed by atoms with E-state index in [9.17, 15) is 0 Å². The van der Waals surface area contributed by atoms with E-state index in [0.29, 0.717) is 5.84 Å². The van der Waals surface area contributed by atoms with Crippen molar-refractivity contribution in [2.45, 2.75) is 18.9 Å². The molecule has 0 aromatic heterocycles. The van der Waals surface area contributed by atoms with Gasteiger partial charge in [0, 0.05) is 12.8 Å². The molecule has 0 aliphatic carbocycles. The van der Waals surface area contributed by atoms with E-state index in [4.69, 9.17) is 15.2 Å². The highest BCUT2D eigenvalue weighted by molar-refractivity contribution is 7.99. The largest absolute Gasteiger partial charge is 0.489 e. The van der Waals surface area contributed by atoms with Gasteiger partial charge in [-0.3, -0.25) is 0 Å². The molecule has 2 heterocycles. The van der Waals surface area contributed by atoms with Crippen molar-refractivity contribution in [2.75, 3.05) is 17.9 Å². The molecule has 1 fully saturated rings. The van der Waals surface area contributed by atoms with Crippen molar-refractivity contribution >= 4 is 23.7 Å². The van der Waals surface area contributed by atoms with Gasteiger partial charge < -0.3 is 19.9 Å². The molecule has 2 aliphatic rings. The van der Waals surface area contributed by atoms with Crippen LogP contribution in [0.15, 0.2) is 22.6 Å². The summed E-state index contributed by atoms with van der Waals surface area (Å²) in [6.45, 7) is 1.52. The summed E-state index contributed by atoms with van der Waals surface area (Å²) in [5.74, 6) is 1.31. The van der Waals surface area contributed by atoms with E-state index in [1.807, 2.05) is 18.2 Å². The highest BCUT2D eigenvalue weighted by Gasteiger charge is 2.21. The summed E-state index contributed by atoms with van der Waals surface area (Å²) in [6.07, 6.45) is 2.04. The predicted molar refractivity (Wildman–Crippen MR) is 72.8 cm³/mol. The molecule has 0 saturated carbocycles. The zero-order chi connectivity index (χ0) is 12.4. The highest BCUT2D eigenvalue weighted by atomic mass is 32.2. The molecular weight excluding hydrogens is 250 g/mol. The molecule has 0 atom stereocenters. The lowest BCUT2D eigenvalue weighted by molar-refractivity contribution is 0.0255. The summed E-state index contributed by atoms with van der Waals surface area (Å²) in [5.41, 5.74) is 7.76. The van der Waals surface area contributed by atoms with Crippen LogP contribution in [0, 0.1) is 0 Å². The van der Waals surface area contributed by atoms with Gasteiger partial charge in [-0.2, -0.15) is 4.40 Å². The molecule has 0 radical (unpaired) electrons. The SMILES string of the molecule is NC1=NSNc2cccc(OC3CCOCC3)c21. The van der Waals surface area contributed by atoms with Gasteiger partial charge in [-0.25, -0.2) is 0 Å². The van der Waals surface area contributed by atoms with Crippen LogP contribution in [0.25, 0.3) is 0 Å². The van der Waals surface area contributed by atoms with Crippen LogP contribution in [0.1, 0.15) is 18.4 Å². The van der Waals surface area contributed by atoms with Gasteiger partial charge in [-0.1, -0.05) is 6.07 Å². The monoisotopic (exact) mass is 265 g/mol. The first-order valence-electron chi connectivity index (χ1n) is 5.98. The van der Waals surface area contributed by atoms with Crippen molar-refractivity contribution in [2.24, 2.45) is 10.1 Å². The lowest BCUT2D eigenvalue weighted by Gasteiger charge is -2.25. The second kappa shape index (κ2) is 5.07. The number of fused-ring (bicyclic) bond motifs is 1. The fourth-order valence-electron chi connectivity index (χ4n) is 2.12. The van der Waals surface area contributed by atoms with E-state index in [-0.39, 0.29) is 6.10 Å². The summed E-state index contributed by atoms with van der Waals surface area (Å²) >= 11 is 1.24. The van der Waals surface area contributed by atoms with Gasteiger partial charge in [0.05, 0.1) is 36.6 Å². The van der Waals surface area contributed by atoms with Crippen LogP contribution in [-0.4, -0.2) is 25.2 Å². The zero-order valence-electron chi connectivity index (χ0n) is 9.89. The van der Waals surface area contributed by atoms with Crippen LogP contribution in [0.5, 0.6) is 5.75 Å². The van der Waals surface area contributed by atoms with E-state index in [1.54, 1.807) is 0 Å². The fourth-order valence-corrected chi connectivity index (χ4v) is 2.62. The molecule has 18 heavy (non-hydrogen) atoms. The standard InChI is InChI=1S/C12H15N3O2S/c13-12-11-9(14-18-15-12)2-1-3-10(11)17-8-4-6-16-7-5-8/h1-3,8,14H,4-7H2,(H2,13,15). The first-order chi connectivity index (χ1) is 8.84. The van der Waals surface area contributed by atoms with Crippen LogP contribution in [0.2, 0.25) is 0 Å². The number of hydrogen-bond acceptors (Lipinski definition) is 6. The summed E-state index contributed by atoms with van der Waals surface area (Å²) in [4.78, 5) is 0. The number of amidine groups is 1. The Labute approximate surface area is 110 Å². The minimum absolute atomic E-state index is 0.202. The van der Waals surface area contributed by atoms with Crippen LogP contribution in [-0.2, 0) is 4.74 Å². The molecule has 0 spiro atoms. The minimum Gasteiger partial charge on any atom is -0.489 e. The van der Waals surface area contributed by atoms with Gasteiger partial charge in [0.15, 0.2) is 0 Å². The second-order valence-corrected chi connectivity index (χ2v) is 4.85. The lowest BCUT2D eigenvalue weighted by atomic mass is 10.1. The Kier molecular flexibility index (Phi) is 3.29. The molecule has 2 aliphatic heterocycles. The first-order valence-corrected chi connectivity index (χ1v) is 6.75. The van der Waals surface area contributed by atoms with Gasteiger partial charge in [0.2, 0.25) is 0 Å². The van der Waals surface area contributed by atoms with E-state index < -0.39 is 0 Å². The van der Waals surface area contributed by atoms with Crippen LogP contribution in [0.3, 0.4) is 0 Å². The maximum atomic E-state index is 6.03. The number of nitrogens with two attached hydrogens (primary N) is 1. The van der Waals surface area contributed by atoms with Gasteiger partial charge in [0.25, 0.3) is 0 Å². The topological polar surface area (TPSA) is 68.9 Å². The smallest absolute Gasteiger partial charge is 0.146 e. The van der Waals surface area contributed by atoms with Crippen LogP contribution < -0.4 is 15.2 Å². The second-order valence-electron chi connectivity index (χ2n) is 4.28. The average molecular weight is 265 g/mol. The molecule has 5 nitrogen and oxygen atoms in total. The van der Waals surface area contributed by atoms with E-state index in [1.165, 1.54) is 12.1 Å². The van der Waals surface area contributed by atoms with Crippen molar-refractivity contribution < 1.29 is 9.47 Å². The third-order valence-corrected chi connectivity index (χ3v) is 3.64. The van der Waals surface area contributed by atoms with Gasteiger partial charge in [-0.05, 0) is 12.1 Å². The third-order valence-electron chi connectivity index (χ3n) is 3.04. The van der Waals surface area contributed by atoms with Crippen LogP contribution in [0.4, 0.5) is 5.69 Å². The zero-order valence-corrected chi connectivity index (χ0v) is 10.7. The molecule has 1 saturated heterocycles. The Morgan fingerprint density at radius 2 is 2.22 bits per heavy atom. The van der Waals surface area contributed by atoms with Crippen molar-refractivity contribution in [3.05, 3.63) is 23.8 Å². The molecule has 0 amide bonds. The Balaban J connectivity index is 1.86. The van der Waals surface area contributed by atoms with Crippen molar-refractivity contribution in [3.8, 4) is 5.75 Å². The third kappa shape index (κ3) is 2.26. The first kappa shape index (κ1) is 11.7. The van der Waals surface area contributed by atoms with Gasteiger partial charge in [-0.15, -0.1) is 0 Å². The highest BCUT2D eigenvalue weighted by Crippen LogP contribution is 2.33. The lowest BCUT2D eigenvalue weighted by Crippen LogP contribution is -2.27.